The second kappa shape index (κ2) is 6.74. The van der Waals surface area contributed by atoms with Crippen LogP contribution >= 0.6 is 0 Å². The van der Waals surface area contributed by atoms with Gasteiger partial charge in [0.05, 0.1) is 11.8 Å². The van der Waals surface area contributed by atoms with Crippen molar-refractivity contribution in [2.75, 3.05) is 0 Å². The first-order chi connectivity index (χ1) is 13.4. The van der Waals surface area contributed by atoms with E-state index in [0.717, 1.165) is 37.5 Å². The summed E-state index contributed by atoms with van der Waals surface area (Å²) in [5.41, 5.74) is -0.255. The van der Waals surface area contributed by atoms with Gasteiger partial charge in [0, 0.05) is 5.92 Å². The molecule has 0 aromatic heterocycles. The van der Waals surface area contributed by atoms with Gasteiger partial charge in [0.15, 0.2) is 0 Å². The van der Waals surface area contributed by atoms with Crippen LogP contribution in [0.25, 0.3) is 0 Å². The second-order valence-electron chi connectivity index (χ2n) is 11.0. The summed E-state index contributed by atoms with van der Waals surface area (Å²) in [7, 11) is 0. The van der Waals surface area contributed by atoms with Crippen molar-refractivity contribution in [3.05, 3.63) is 0 Å². The molecule has 0 radical (unpaired) electrons. The fourth-order valence-corrected chi connectivity index (χ4v) is 7.70. The Labute approximate surface area is 169 Å². The van der Waals surface area contributed by atoms with Crippen molar-refractivity contribution < 1.29 is 19.1 Å². The van der Waals surface area contributed by atoms with Crippen molar-refractivity contribution >= 4 is 11.9 Å². The summed E-state index contributed by atoms with van der Waals surface area (Å²) in [6, 6.07) is 0. The number of carbonyl (C=O) groups is 2. The van der Waals surface area contributed by atoms with Crippen molar-refractivity contribution in [2.24, 2.45) is 47.3 Å². The van der Waals surface area contributed by atoms with Crippen LogP contribution < -0.4 is 0 Å². The minimum absolute atomic E-state index is 0.00626. The number of hydrogen-bond acceptors (Lipinski definition) is 4. The predicted molar refractivity (Wildman–Crippen MR) is 105 cm³/mol. The Balaban J connectivity index is 1.25. The van der Waals surface area contributed by atoms with Gasteiger partial charge in [0.1, 0.15) is 11.7 Å². The molecule has 5 atom stereocenters. The lowest BCUT2D eigenvalue weighted by Gasteiger charge is -2.59. The summed E-state index contributed by atoms with van der Waals surface area (Å²) in [4.78, 5) is 25.6. The Morgan fingerprint density at radius 2 is 1.54 bits per heavy atom. The number of esters is 2. The summed E-state index contributed by atoms with van der Waals surface area (Å²) >= 11 is 0. The van der Waals surface area contributed by atoms with Crippen molar-refractivity contribution in [1.29, 1.82) is 0 Å². The highest BCUT2D eigenvalue weighted by Gasteiger charge is 2.59. The molecular weight excluding hydrogens is 352 g/mol. The van der Waals surface area contributed by atoms with Crippen LogP contribution in [-0.4, -0.2) is 23.6 Å². The highest BCUT2D eigenvalue weighted by Crippen LogP contribution is 2.60. The maximum absolute atomic E-state index is 13.3. The maximum atomic E-state index is 13.3. The zero-order chi connectivity index (χ0) is 19.6. The first-order valence-electron chi connectivity index (χ1n) is 11.8. The average Bonchev–Trinajstić information content (AvgIpc) is 3.25. The molecule has 0 aromatic carbocycles. The molecule has 0 aliphatic heterocycles. The number of rotatable bonds is 5. The van der Waals surface area contributed by atoms with E-state index in [1.807, 2.05) is 13.8 Å². The third kappa shape index (κ3) is 2.92. The van der Waals surface area contributed by atoms with Gasteiger partial charge < -0.3 is 9.47 Å². The Kier molecular flexibility index (Phi) is 4.56. The number of ether oxygens (including phenoxy) is 2. The van der Waals surface area contributed by atoms with Crippen molar-refractivity contribution in [1.82, 2.24) is 0 Å². The summed E-state index contributed by atoms with van der Waals surface area (Å²) < 4.78 is 12.2. The minimum Gasteiger partial charge on any atom is -0.462 e. The molecular formula is C24H36O4. The molecule has 5 unspecified atom stereocenters. The molecule has 0 amide bonds. The molecule has 0 saturated heterocycles. The average molecular weight is 389 g/mol. The van der Waals surface area contributed by atoms with Gasteiger partial charge >= 0.3 is 11.9 Å². The lowest BCUT2D eigenvalue weighted by molar-refractivity contribution is -0.210. The largest absolute Gasteiger partial charge is 0.462 e. The topological polar surface area (TPSA) is 52.6 Å². The molecule has 6 saturated carbocycles. The van der Waals surface area contributed by atoms with Gasteiger partial charge in [-0.25, -0.2) is 0 Å². The summed E-state index contributed by atoms with van der Waals surface area (Å²) in [5, 5.41) is 0. The Bertz CT molecular complexity index is 627. The van der Waals surface area contributed by atoms with E-state index in [2.05, 4.69) is 6.92 Å². The smallest absolute Gasteiger partial charge is 0.309 e. The van der Waals surface area contributed by atoms with Crippen molar-refractivity contribution in [3.63, 3.8) is 0 Å². The SMILES string of the molecule is CCC(C)C(=O)OC1CC2CC(C(=O)OC3(C)C4CC5CC(C4)CC3C5)C1C2. The molecule has 156 valence electrons. The van der Waals surface area contributed by atoms with Gasteiger partial charge in [-0.15, -0.1) is 0 Å². The third-order valence-electron chi connectivity index (χ3n) is 9.42. The molecule has 6 rings (SSSR count). The molecule has 0 aromatic rings. The minimum atomic E-state index is -0.255. The zero-order valence-electron chi connectivity index (χ0n) is 17.7. The molecule has 0 N–H and O–H groups in total. The molecule has 4 nitrogen and oxygen atoms in total. The molecule has 0 heterocycles. The molecule has 0 spiro atoms. The summed E-state index contributed by atoms with van der Waals surface area (Å²) in [6.45, 7) is 6.17. The Hall–Kier alpha value is -1.06. The first kappa shape index (κ1) is 18.9. The quantitative estimate of drug-likeness (QED) is 0.638. The van der Waals surface area contributed by atoms with Crippen LogP contribution in [-0.2, 0) is 19.1 Å². The number of carbonyl (C=O) groups excluding carboxylic acids is 2. The van der Waals surface area contributed by atoms with Crippen LogP contribution in [0.2, 0.25) is 0 Å². The Morgan fingerprint density at radius 1 is 0.929 bits per heavy atom. The fraction of sp³-hybridized carbons (Fsp3) is 0.917. The number of hydrogen-bond donors (Lipinski definition) is 0. The van der Waals surface area contributed by atoms with E-state index in [0.29, 0.717) is 17.8 Å². The molecule has 4 heteroatoms. The fourth-order valence-electron chi connectivity index (χ4n) is 7.70. The lowest BCUT2D eigenvalue weighted by atomic mass is 9.50. The van der Waals surface area contributed by atoms with Crippen LogP contribution in [0.1, 0.15) is 78.6 Å². The summed E-state index contributed by atoms with van der Waals surface area (Å²) in [6.07, 6.45) is 10.0. The van der Waals surface area contributed by atoms with Gasteiger partial charge in [0.25, 0.3) is 0 Å². The van der Waals surface area contributed by atoms with Crippen LogP contribution in [0.15, 0.2) is 0 Å². The van der Waals surface area contributed by atoms with E-state index in [4.69, 9.17) is 9.47 Å². The van der Waals surface area contributed by atoms with Crippen LogP contribution in [0, 0.1) is 47.3 Å². The van der Waals surface area contributed by atoms with Crippen LogP contribution in [0.3, 0.4) is 0 Å². The van der Waals surface area contributed by atoms with Crippen LogP contribution in [0.5, 0.6) is 0 Å². The second-order valence-corrected chi connectivity index (χ2v) is 11.0. The van der Waals surface area contributed by atoms with Gasteiger partial charge in [-0.1, -0.05) is 13.8 Å². The van der Waals surface area contributed by atoms with E-state index >= 15 is 0 Å². The van der Waals surface area contributed by atoms with Gasteiger partial charge in [-0.2, -0.15) is 0 Å². The van der Waals surface area contributed by atoms with E-state index in [1.54, 1.807) is 0 Å². The third-order valence-corrected chi connectivity index (χ3v) is 9.42. The van der Waals surface area contributed by atoms with Crippen LogP contribution in [0.4, 0.5) is 0 Å². The van der Waals surface area contributed by atoms with E-state index in [9.17, 15) is 9.59 Å². The van der Waals surface area contributed by atoms with Gasteiger partial charge in [-0.3, -0.25) is 9.59 Å². The molecule has 6 bridgehead atoms. The highest BCUT2D eigenvalue weighted by molar-refractivity contribution is 5.75. The normalized spacial score (nSPS) is 49.2. The maximum Gasteiger partial charge on any atom is 0.309 e. The van der Waals surface area contributed by atoms with Gasteiger partial charge in [-0.05, 0) is 94.3 Å². The molecule has 6 fully saturated rings. The molecule has 28 heavy (non-hydrogen) atoms. The first-order valence-corrected chi connectivity index (χ1v) is 11.8. The highest BCUT2D eigenvalue weighted by atomic mass is 16.6. The number of fused-ring (bicyclic) bond motifs is 2. The van der Waals surface area contributed by atoms with E-state index < -0.39 is 0 Å². The molecule has 6 aliphatic carbocycles. The van der Waals surface area contributed by atoms with E-state index in [-0.39, 0.29) is 41.4 Å². The van der Waals surface area contributed by atoms with E-state index in [1.165, 1.54) is 32.1 Å². The standard InChI is InChI=1S/C24H36O4/c1-4-13(2)22(25)27-21-12-16-10-19(21)20(11-16)23(26)28-24(3)17-6-14-5-15(8-17)9-18(24)7-14/h13-21H,4-12H2,1-3H3. The summed E-state index contributed by atoms with van der Waals surface area (Å²) in [5.74, 6) is 3.35. The van der Waals surface area contributed by atoms with Crippen molar-refractivity contribution in [3.8, 4) is 0 Å². The molecule has 6 aliphatic rings. The zero-order valence-corrected chi connectivity index (χ0v) is 17.7. The van der Waals surface area contributed by atoms with Crippen molar-refractivity contribution in [2.45, 2.75) is 90.3 Å². The predicted octanol–water partition coefficient (Wildman–Crippen LogP) is 4.75. The lowest BCUT2D eigenvalue weighted by Crippen LogP contribution is -2.58. The monoisotopic (exact) mass is 388 g/mol. The Morgan fingerprint density at radius 3 is 2.11 bits per heavy atom. The van der Waals surface area contributed by atoms with Gasteiger partial charge in [0.2, 0.25) is 0 Å².